The number of thiophene rings is 1. The van der Waals surface area contributed by atoms with Crippen molar-refractivity contribution in [2.45, 2.75) is 32.6 Å². The van der Waals surface area contributed by atoms with Crippen molar-refractivity contribution >= 4 is 21.5 Å². The number of nitrogens with zero attached hydrogens (tertiary/aromatic N) is 5. The molecule has 2 aromatic heterocycles. The Hall–Kier alpha value is -1.33. The lowest BCUT2D eigenvalue weighted by Gasteiger charge is -2.38. The molecular weight excluding hydrogens is 410 g/mol. The van der Waals surface area contributed by atoms with Crippen molar-refractivity contribution in [3.8, 4) is 10.7 Å². The average Bonchev–Trinajstić information content (AvgIpc) is 3.40. The van der Waals surface area contributed by atoms with E-state index in [1.165, 1.54) is 0 Å². The van der Waals surface area contributed by atoms with Crippen LogP contribution < -0.4 is 0 Å². The number of hydrogen-bond acceptors (Lipinski definition) is 7. The van der Waals surface area contributed by atoms with Gasteiger partial charge in [-0.3, -0.25) is 0 Å². The molecule has 0 bridgehead atoms. The molecule has 0 aromatic carbocycles. The van der Waals surface area contributed by atoms with Gasteiger partial charge in [-0.25, -0.2) is 0 Å². The fraction of sp³-hybridized carbons (Fsp3) is 0.684. The van der Waals surface area contributed by atoms with E-state index in [0.29, 0.717) is 43.8 Å². The van der Waals surface area contributed by atoms with E-state index in [2.05, 4.69) is 22.0 Å². The maximum atomic E-state index is 12.9. The second-order valence-corrected chi connectivity index (χ2v) is 10.8. The fourth-order valence-electron chi connectivity index (χ4n) is 4.02. The second-order valence-electron chi connectivity index (χ2n) is 7.95. The normalized spacial score (nSPS) is 22.9. The summed E-state index contributed by atoms with van der Waals surface area (Å²) in [5.41, 5.74) is 0. The molecule has 8 nitrogen and oxygen atoms in total. The van der Waals surface area contributed by atoms with Crippen LogP contribution in [0.3, 0.4) is 0 Å². The topological polar surface area (TPSA) is 82.8 Å². The lowest BCUT2D eigenvalue weighted by Crippen LogP contribution is -2.54. The molecule has 10 heteroatoms. The van der Waals surface area contributed by atoms with E-state index in [4.69, 9.17) is 4.52 Å². The Morgan fingerprint density at radius 3 is 2.76 bits per heavy atom. The molecule has 0 saturated carbocycles. The molecule has 2 aliphatic heterocycles. The molecule has 2 saturated heterocycles. The lowest BCUT2D eigenvalue weighted by molar-refractivity contribution is 0.173. The number of aryl methyl sites for hydroxylation is 1. The first kappa shape index (κ1) is 20.9. The van der Waals surface area contributed by atoms with Crippen molar-refractivity contribution in [2.75, 3.05) is 45.8 Å². The Morgan fingerprint density at radius 2 is 2.03 bits per heavy atom. The monoisotopic (exact) mass is 439 g/mol. The zero-order chi connectivity index (χ0) is 20.3. The van der Waals surface area contributed by atoms with E-state index in [0.717, 1.165) is 50.2 Å². The van der Waals surface area contributed by atoms with Gasteiger partial charge in [-0.05, 0) is 43.2 Å². The van der Waals surface area contributed by atoms with Gasteiger partial charge in [0.2, 0.25) is 11.7 Å². The molecule has 4 rings (SSSR count). The van der Waals surface area contributed by atoms with E-state index in [9.17, 15) is 8.42 Å². The van der Waals surface area contributed by atoms with Crippen LogP contribution in [0.25, 0.3) is 10.7 Å². The van der Waals surface area contributed by atoms with E-state index in [1.54, 1.807) is 19.9 Å². The van der Waals surface area contributed by atoms with Crippen molar-refractivity contribution in [3.63, 3.8) is 0 Å². The zero-order valence-electron chi connectivity index (χ0n) is 16.9. The van der Waals surface area contributed by atoms with E-state index < -0.39 is 10.2 Å². The second kappa shape index (κ2) is 9.22. The van der Waals surface area contributed by atoms with Gasteiger partial charge in [0.15, 0.2) is 0 Å². The molecule has 160 valence electrons. The Balaban J connectivity index is 1.21. The standard InChI is InChI=1S/C19H29N5O3S2/c1-16-5-2-9-24(15-16)29(25,26)23-12-10-22(11-13-23)8-3-7-18-20-19(21-27-18)17-6-4-14-28-17/h4,6,14,16H,2-3,5,7-13,15H2,1H3. The highest BCUT2D eigenvalue weighted by atomic mass is 32.2. The smallest absolute Gasteiger partial charge is 0.282 e. The van der Waals surface area contributed by atoms with Gasteiger partial charge in [0.25, 0.3) is 10.2 Å². The van der Waals surface area contributed by atoms with Crippen LogP contribution in [-0.4, -0.2) is 77.9 Å². The maximum Gasteiger partial charge on any atom is 0.282 e. The van der Waals surface area contributed by atoms with Crippen LogP contribution in [0.4, 0.5) is 0 Å². The minimum atomic E-state index is -3.32. The molecule has 0 amide bonds. The fourth-order valence-corrected chi connectivity index (χ4v) is 6.42. The number of aromatic nitrogens is 2. The predicted molar refractivity (Wildman–Crippen MR) is 113 cm³/mol. The van der Waals surface area contributed by atoms with Gasteiger partial charge in [0.1, 0.15) is 0 Å². The van der Waals surface area contributed by atoms with Crippen LogP contribution in [0.1, 0.15) is 32.1 Å². The van der Waals surface area contributed by atoms with Gasteiger partial charge < -0.3 is 9.42 Å². The van der Waals surface area contributed by atoms with Crippen LogP contribution in [0.2, 0.25) is 0 Å². The summed E-state index contributed by atoms with van der Waals surface area (Å²) in [7, 11) is -3.32. The van der Waals surface area contributed by atoms with Crippen LogP contribution >= 0.6 is 11.3 Å². The van der Waals surface area contributed by atoms with Crippen molar-refractivity contribution in [2.24, 2.45) is 5.92 Å². The number of piperazine rings is 1. The molecule has 0 aliphatic carbocycles. The first-order valence-electron chi connectivity index (χ1n) is 10.4. The average molecular weight is 440 g/mol. The highest BCUT2D eigenvalue weighted by molar-refractivity contribution is 7.86. The van der Waals surface area contributed by atoms with E-state index in [1.807, 2.05) is 17.5 Å². The van der Waals surface area contributed by atoms with Gasteiger partial charge in [-0.2, -0.15) is 22.0 Å². The third kappa shape index (κ3) is 5.05. The highest BCUT2D eigenvalue weighted by Gasteiger charge is 2.34. The van der Waals surface area contributed by atoms with E-state index in [-0.39, 0.29) is 0 Å². The van der Waals surface area contributed by atoms with Crippen LogP contribution in [0.5, 0.6) is 0 Å². The van der Waals surface area contributed by atoms with Crippen molar-refractivity contribution in [3.05, 3.63) is 23.4 Å². The molecule has 4 heterocycles. The summed E-state index contributed by atoms with van der Waals surface area (Å²) in [6.45, 7) is 7.02. The largest absolute Gasteiger partial charge is 0.339 e. The molecule has 0 spiro atoms. The molecule has 29 heavy (non-hydrogen) atoms. The molecule has 1 atom stereocenters. The van der Waals surface area contributed by atoms with Crippen molar-refractivity contribution < 1.29 is 12.9 Å². The third-order valence-electron chi connectivity index (χ3n) is 5.68. The van der Waals surface area contributed by atoms with Crippen LogP contribution in [0, 0.1) is 5.92 Å². The SMILES string of the molecule is CC1CCCN(S(=O)(=O)N2CCN(CCCc3nc(-c4cccs4)no3)CC2)C1. The molecule has 1 unspecified atom stereocenters. The molecule has 2 fully saturated rings. The number of hydrogen-bond donors (Lipinski definition) is 0. The minimum absolute atomic E-state index is 0.449. The lowest BCUT2D eigenvalue weighted by atomic mass is 10.0. The van der Waals surface area contributed by atoms with Crippen molar-refractivity contribution in [1.82, 2.24) is 23.7 Å². The summed E-state index contributed by atoms with van der Waals surface area (Å²) in [5.74, 6) is 1.76. The third-order valence-corrected chi connectivity index (χ3v) is 8.55. The van der Waals surface area contributed by atoms with Crippen molar-refractivity contribution in [1.29, 1.82) is 0 Å². The Kier molecular flexibility index (Phi) is 6.65. The van der Waals surface area contributed by atoms with Gasteiger partial charge in [-0.15, -0.1) is 11.3 Å². The molecule has 2 aliphatic rings. The van der Waals surface area contributed by atoms with Gasteiger partial charge >= 0.3 is 0 Å². The summed E-state index contributed by atoms with van der Waals surface area (Å²) in [5, 5.41) is 6.04. The first-order chi connectivity index (χ1) is 14.0. The zero-order valence-corrected chi connectivity index (χ0v) is 18.5. The summed E-state index contributed by atoms with van der Waals surface area (Å²) < 4.78 is 34.5. The highest BCUT2D eigenvalue weighted by Crippen LogP contribution is 2.23. The summed E-state index contributed by atoms with van der Waals surface area (Å²) >= 11 is 1.60. The van der Waals surface area contributed by atoms with Gasteiger partial charge in [0.05, 0.1) is 4.88 Å². The number of rotatable bonds is 7. The van der Waals surface area contributed by atoms with E-state index >= 15 is 0 Å². The summed E-state index contributed by atoms with van der Waals surface area (Å²) in [6.07, 6.45) is 3.74. The Morgan fingerprint density at radius 1 is 1.21 bits per heavy atom. The first-order valence-corrected chi connectivity index (χ1v) is 12.6. The van der Waals surface area contributed by atoms with Gasteiger partial charge in [0, 0.05) is 45.7 Å². The van der Waals surface area contributed by atoms with Gasteiger partial charge in [-0.1, -0.05) is 18.1 Å². The minimum Gasteiger partial charge on any atom is -0.339 e. The summed E-state index contributed by atoms with van der Waals surface area (Å²) in [4.78, 5) is 7.79. The van der Waals surface area contributed by atoms with Crippen LogP contribution in [-0.2, 0) is 16.6 Å². The predicted octanol–water partition coefficient (Wildman–Crippen LogP) is 2.33. The van der Waals surface area contributed by atoms with Crippen LogP contribution in [0.15, 0.2) is 22.0 Å². The Bertz CT molecular complexity index is 876. The Labute approximate surface area is 176 Å². The molecular formula is C19H29N5O3S2. The number of piperidine rings is 1. The summed E-state index contributed by atoms with van der Waals surface area (Å²) in [6, 6.07) is 3.96. The molecule has 0 radical (unpaired) electrons. The quantitative estimate of drug-likeness (QED) is 0.658. The maximum absolute atomic E-state index is 12.9. The molecule has 2 aromatic rings. The molecule has 0 N–H and O–H groups in total.